The summed E-state index contributed by atoms with van der Waals surface area (Å²) in [6.07, 6.45) is 1.76. The number of amides is 3. The van der Waals surface area contributed by atoms with Gasteiger partial charge in [-0.05, 0) is 37.0 Å². The predicted octanol–water partition coefficient (Wildman–Crippen LogP) is 3.31. The Kier molecular flexibility index (Phi) is 9.54. The van der Waals surface area contributed by atoms with Crippen LogP contribution in [0.1, 0.15) is 23.2 Å². The number of rotatable bonds is 8. The highest BCUT2D eigenvalue weighted by Crippen LogP contribution is 2.29. The van der Waals surface area contributed by atoms with E-state index in [1.165, 1.54) is 13.2 Å². The van der Waals surface area contributed by atoms with E-state index in [-0.39, 0.29) is 18.0 Å². The van der Waals surface area contributed by atoms with Crippen molar-refractivity contribution in [3.05, 3.63) is 47.0 Å². The van der Waals surface area contributed by atoms with Crippen LogP contribution in [0.2, 0.25) is 5.02 Å². The zero-order chi connectivity index (χ0) is 27.1. The number of nitrogens with zero attached hydrogens (tertiary/aromatic N) is 2. The summed E-state index contributed by atoms with van der Waals surface area (Å²) in [6.45, 7) is 4.93. The maximum Gasteiger partial charge on any atom is 0.321 e. The topological polar surface area (TPSA) is 118 Å². The Morgan fingerprint density at radius 1 is 1.11 bits per heavy atom. The fourth-order valence-corrected chi connectivity index (χ4v) is 5.08. The predicted molar refractivity (Wildman–Crippen MR) is 147 cm³/mol. The minimum atomic E-state index is -0.289. The number of benzene rings is 2. The van der Waals surface area contributed by atoms with Crippen LogP contribution >= 0.6 is 11.6 Å². The fourth-order valence-electron chi connectivity index (χ4n) is 4.91. The number of piperidine rings is 1. The molecule has 0 saturated carbocycles. The van der Waals surface area contributed by atoms with Crippen LogP contribution in [-0.2, 0) is 4.74 Å². The van der Waals surface area contributed by atoms with Crippen LogP contribution in [-0.4, -0.2) is 87.9 Å². The molecule has 0 radical (unpaired) electrons. The van der Waals surface area contributed by atoms with E-state index in [9.17, 15) is 9.59 Å². The van der Waals surface area contributed by atoms with Gasteiger partial charge in [-0.25, -0.2) is 4.79 Å². The lowest BCUT2D eigenvalue weighted by Crippen LogP contribution is -2.50. The Balaban J connectivity index is 1.21. The highest BCUT2D eigenvalue weighted by atomic mass is 35.5. The molecule has 38 heavy (non-hydrogen) atoms. The molecule has 1 unspecified atom stereocenters. The Morgan fingerprint density at radius 2 is 1.84 bits per heavy atom. The van der Waals surface area contributed by atoms with Crippen LogP contribution in [0.3, 0.4) is 0 Å². The Bertz CT molecular complexity index is 1130. The Morgan fingerprint density at radius 3 is 2.58 bits per heavy atom. The van der Waals surface area contributed by atoms with E-state index in [1.807, 2.05) is 29.2 Å². The number of methoxy groups -OCH3 is 2. The average Bonchev–Trinajstić information content (AvgIpc) is 2.93. The molecule has 2 saturated heterocycles. The first-order valence-electron chi connectivity index (χ1n) is 12.8. The number of anilines is 2. The van der Waals surface area contributed by atoms with Gasteiger partial charge in [0.25, 0.3) is 5.91 Å². The number of halogens is 1. The van der Waals surface area contributed by atoms with Crippen molar-refractivity contribution < 1.29 is 23.8 Å². The number of nitrogens with one attached hydrogen (secondary N) is 2. The van der Waals surface area contributed by atoms with Gasteiger partial charge in [-0.1, -0.05) is 23.7 Å². The van der Waals surface area contributed by atoms with Crippen molar-refractivity contribution in [1.82, 2.24) is 15.1 Å². The first-order chi connectivity index (χ1) is 18.4. The minimum Gasteiger partial charge on any atom is -0.496 e. The van der Waals surface area contributed by atoms with Gasteiger partial charge in [0.15, 0.2) is 0 Å². The molecule has 206 valence electrons. The normalized spacial score (nSPS) is 18.6. The molecule has 0 aliphatic carbocycles. The van der Waals surface area contributed by atoms with Crippen molar-refractivity contribution in [3.63, 3.8) is 0 Å². The number of nitrogen functional groups attached to an aromatic ring is 1. The van der Waals surface area contributed by atoms with Crippen LogP contribution < -0.4 is 25.8 Å². The molecule has 2 fully saturated rings. The van der Waals surface area contributed by atoms with Gasteiger partial charge in [-0.2, -0.15) is 0 Å². The number of carbonyl (C=O) groups excluding carboxylic acids is 2. The molecule has 2 aromatic rings. The second kappa shape index (κ2) is 13.0. The molecule has 1 atom stereocenters. The van der Waals surface area contributed by atoms with E-state index in [0.29, 0.717) is 65.6 Å². The molecule has 3 amide bonds. The number of carbonyl (C=O) groups is 2. The van der Waals surface area contributed by atoms with E-state index in [1.54, 1.807) is 13.2 Å². The molecular weight excluding hydrogens is 510 g/mol. The van der Waals surface area contributed by atoms with Crippen molar-refractivity contribution in [3.8, 4) is 11.5 Å². The third-order valence-electron chi connectivity index (χ3n) is 7.04. The molecule has 2 aromatic carbocycles. The van der Waals surface area contributed by atoms with Crippen molar-refractivity contribution in [1.29, 1.82) is 0 Å². The van der Waals surface area contributed by atoms with Crippen LogP contribution in [0, 0.1) is 5.92 Å². The lowest BCUT2D eigenvalue weighted by atomic mass is 9.96. The zero-order valence-electron chi connectivity index (χ0n) is 21.9. The number of nitrogens with two attached hydrogens (primary N) is 1. The summed E-state index contributed by atoms with van der Waals surface area (Å²) in [6, 6.07) is 10.4. The zero-order valence-corrected chi connectivity index (χ0v) is 22.6. The van der Waals surface area contributed by atoms with Gasteiger partial charge >= 0.3 is 6.03 Å². The summed E-state index contributed by atoms with van der Waals surface area (Å²) >= 11 is 6.10. The third-order valence-corrected chi connectivity index (χ3v) is 7.37. The lowest BCUT2D eigenvalue weighted by molar-refractivity contribution is -0.0330. The molecule has 2 aliphatic rings. The largest absolute Gasteiger partial charge is 0.496 e. The fraction of sp³-hybridized carbons (Fsp3) is 0.481. The molecule has 0 aromatic heterocycles. The molecule has 2 aliphatic heterocycles. The van der Waals surface area contributed by atoms with E-state index in [4.69, 9.17) is 31.5 Å². The highest BCUT2D eigenvalue weighted by molar-refractivity contribution is 6.33. The summed E-state index contributed by atoms with van der Waals surface area (Å²) in [7, 11) is 3.08. The van der Waals surface area contributed by atoms with Gasteiger partial charge in [0.05, 0.1) is 48.9 Å². The SMILES string of the molecule is COc1ccccc1NC(=O)N1CCC(CN2CCOC(CNC(=O)c3cc(Cl)c(N)cc3OC)C2)CC1. The number of hydrogen-bond acceptors (Lipinski definition) is 7. The van der Waals surface area contributed by atoms with E-state index in [0.717, 1.165) is 32.5 Å². The molecule has 4 rings (SSSR count). The molecule has 10 nitrogen and oxygen atoms in total. The van der Waals surface area contributed by atoms with Crippen molar-refractivity contribution in [2.45, 2.75) is 18.9 Å². The number of urea groups is 1. The van der Waals surface area contributed by atoms with E-state index < -0.39 is 0 Å². The second-order valence-corrected chi connectivity index (χ2v) is 10.0. The van der Waals surface area contributed by atoms with Gasteiger partial charge in [0.1, 0.15) is 11.5 Å². The quantitative estimate of drug-likeness (QED) is 0.435. The Hall–Kier alpha value is -3.21. The summed E-state index contributed by atoms with van der Waals surface area (Å²) in [5.74, 6) is 1.23. The standard InChI is InChI=1S/C27H36ClN5O5/c1-36-24-6-4-3-5-23(24)31-27(35)33-9-7-18(8-10-33)16-32-11-12-38-19(17-32)15-30-26(34)20-13-21(28)22(29)14-25(20)37-2/h3-6,13-14,18-19H,7-12,15-17,29H2,1-2H3,(H,30,34)(H,31,35). The van der Waals surface area contributed by atoms with E-state index >= 15 is 0 Å². The van der Waals surface area contributed by atoms with Crippen LogP contribution in [0.5, 0.6) is 11.5 Å². The van der Waals surface area contributed by atoms with Gasteiger partial charge in [0.2, 0.25) is 0 Å². The van der Waals surface area contributed by atoms with Crippen LogP contribution in [0.25, 0.3) is 0 Å². The molecule has 4 N–H and O–H groups in total. The summed E-state index contributed by atoms with van der Waals surface area (Å²) in [5.41, 5.74) is 7.18. The number of para-hydroxylation sites is 2. The smallest absolute Gasteiger partial charge is 0.321 e. The third kappa shape index (κ3) is 7.00. The van der Waals surface area contributed by atoms with Gasteiger partial charge in [0, 0.05) is 45.3 Å². The summed E-state index contributed by atoms with van der Waals surface area (Å²) in [5, 5.41) is 6.20. The van der Waals surface area contributed by atoms with Crippen molar-refractivity contribution in [2.24, 2.45) is 5.92 Å². The summed E-state index contributed by atoms with van der Waals surface area (Å²) in [4.78, 5) is 29.8. The number of ether oxygens (including phenoxy) is 3. The molecule has 11 heteroatoms. The van der Waals surface area contributed by atoms with Crippen molar-refractivity contribution >= 4 is 34.9 Å². The van der Waals surface area contributed by atoms with Crippen molar-refractivity contribution in [2.75, 3.05) is 71.1 Å². The number of hydrogen-bond donors (Lipinski definition) is 3. The minimum absolute atomic E-state index is 0.103. The highest BCUT2D eigenvalue weighted by Gasteiger charge is 2.28. The lowest BCUT2D eigenvalue weighted by Gasteiger charge is -2.38. The van der Waals surface area contributed by atoms with Gasteiger partial charge in [-0.15, -0.1) is 0 Å². The summed E-state index contributed by atoms with van der Waals surface area (Å²) < 4.78 is 16.5. The van der Waals surface area contributed by atoms with Gasteiger partial charge < -0.3 is 35.5 Å². The second-order valence-electron chi connectivity index (χ2n) is 9.60. The first kappa shape index (κ1) is 27.8. The first-order valence-corrected chi connectivity index (χ1v) is 13.2. The van der Waals surface area contributed by atoms with Crippen LogP contribution in [0.4, 0.5) is 16.2 Å². The molecule has 0 spiro atoms. The monoisotopic (exact) mass is 545 g/mol. The Labute approximate surface area is 228 Å². The maximum absolute atomic E-state index is 12.8. The molecular formula is C27H36ClN5O5. The molecule has 2 heterocycles. The number of morpholine rings is 1. The maximum atomic E-state index is 12.8. The van der Waals surface area contributed by atoms with Gasteiger partial charge in [-0.3, -0.25) is 9.69 Å². The molecule has 0 bridgehead atoms. The van der Waals surface area contributed by atoms with E-state index in [2.05, 4.69) is 15.5 Å². The number of likely N-dealkylation sites (tertiary alicyclic amines) is 1. The average molecular weight is 546 g/mol. The van der Waals surface area contributed by atoms with Crippen LogP contribution in [0.15, 0.2) is 36.4 Å².